The van der Waals surface area contributed by atoms with E-state index in [1.54, 1.807) is 24.3 Å². The predicted molar refractivity (Wildman–Crippen MR) is 77.0 cm³/mol. The molecule has 5 nitrogen and oxygen atoms in total. The van der Waals surface area contributed by atoms with Crippen molar-refractivity contribution in [2.75, 3.05) is 11.1 Å². The van der Waals surface area contributed by atoms with E-state index in [0.717, 1.165) is 11.3 Å². The minimum atomic E-state index is -1.06. The van der Waals surface area contributed by atoms with Crippen LogP contribution in [0.15, 0.2) is 36.4 Å². The summed E-state index contributed by atoms with van der Waals surface area (Å²) in [7, 11) is 0. The molecule has 0 amide bonds. The molecular formula is C15H13N3O2. The Morgan fingerprint density at radius 2 is 2.05 bits per heavy atom. The van der Waals surface area contributed by atoms with Crippen molar-refractivity contribution in [1.29, 1.82) is 5.26 Å². The number of hydrogen-bond donors (Lipinski definition) is 3. The second-order valence-electron chi connectivity index (χ2n) is 4.37. The lowest BCUT2D eigenvalue weighted by molar-refractivity contribution is 0.0698. The molecule has 0 bridgehead atoms. The first-order chi connectivity index (χ1) is 9.51. The summed E-state index contributed by atoms with van der Waals surface area (Å²) < 4.78 is 0. The molecule has 0 aromatic heterocycles. The Kier molecular flexibility index (Phi) is 3.58. The zero-order chi connectivity index (χ0) is 14.7. The average molecular weight is 267 g/mol. The number of benzene rings is 2. The molecule has 0 heterocycles. The zero-order valence-corrected chi connectivity index (χ0v) is 10.8. The van der Waals surface area contributed by atoms with Crippen LogP contribution in [-0.2, 0) is 0 Å². The molecule has 0 saturated heterocycles. The summed E-state index contributed by atoms with van der Waals surface area (Å²) in [4.78, 5) is 10.9. The Labute approximate surface area is 116 Å². The van der Waals surface area contributed by atoms with Gasteiger partial charge in [-0.05, 0) is 42.8 Å². The molecule has 0 aliphatic heterocycles. The van der Waals surface area contributed by atoms with E-state index < -0.39 is 5.97 Å². The number of nitrogens with two attached hydrogens (primary N) is 1. The number of nitriles is 1. The molecule has 4 N–H and O–H groups in total. The predicted octanol–water partition coefficient (Wildman–Crippen LogP) is 2.89. The average Bonchev–Trinajstić information content (AvgIpc) is 2.41. The molecule has 0 spiro atoms. The maximum absolute atomic E-state index is 10.9. The quantitative estimate of drug-likeness (QED) is 0.742. The summed E-state index contributed by atoms with van der Waals surface area (Å²) >= 11 is 0. The van der Waals surface area contributed by atoms with Crippen LogP contribution < -0.4 is 11.1 Å². The van der Waals surface area contributed by atoms with Gasteiger partial charge >= 0.3 is 5.97 Å². The first-order valence-electron chi connectivity index (χ1n) is 5.92. The van der Waals surface area contributed by atoms with Crippen molar-refractivity contribution < 1.29 is 9.90 Å². The SMILES string of the molecule is Cc1ccc(C#N)cc1Nc1ccc(C(=O)O)c(N)c1. The van der Waals surface area contributed by atoms with Crippen molar-refractivity contribution in [1.82, 2.24) is 0 Å². The number of nitrogen functional groups attached to an aromatic ring is 1. The maximum atomic E-state index is 10.9. The lowest BCUT2D eigenvalue weighted by atomic mass is 10.1. The first-order valence-corrected chi connectivity index (χ1v) is 5.92. The largest absolute Gasteiger partial charge is 0.478 e. The van der Waals surface area contributed by atoms with E-state index in [0.29, 0.717) is 11.3 Å². The summed E-state index contributed by atoms with van der Waals surface area (Å²) in [5, 5.41) is 20.9. The normalized spacial score (nSPS) is 9.80. The van der Waals surface area contributed by atoms with E-state index in [1.807, 2.05) is 13.0 Å². The molecule has 0 radical (unpaired) electrons. The number of nitrogens with zero attached hydrogens (tertiary/aromatic N) is 1. The summed E-state index contributed by atoms with van der Waals surface area (Å²) in [5.41, 5.74) is 8.94. The number of carboxylic acids is 1. The molecule has 5 heteroatoms. The minimum absolute atomic E-state index is 0.0676. The smallest absolute Gasteiger partial charge is 0.337 e. The highest BCUT2D eigenvalue weighted by molar-refractivity contribution is 5.94. The van der Waals surface area contributed by atoms with Crippen LogP contribution in [0.2, 0.25) is 0 Å². The third kappa shape index (κ3) is 2.70. The van der Waals surface area contributed by atoms with Crippen LogP contribution in [-0.4, -0.2) is 11.1 Å². The number of rotatable bonds is 3. The van der Waals surface area contributed by atoms with E-state index in [1.165, 1.54) is 6.07 Å². The molecule has 0 aliphatic rings. The van der Waals surface area contributed by atoms with Gasteiger partial charge < -0.3 is 16.2 Å². The van der Waals surface area contributed by atoms with Crippen molar-refractivity contribution in [2.45, 2.75) is 6.92 Å². The second kappa shape index (κ2) is 5.33. The Balaban J connectivity index is 2.33. The van der Waals surface area contributed by atoms with Gasteiger partial charge in [0, 0.05) is 17.1 Å². The topological polar surface area (TPSA) is 99.1 Å². The fourth-order valence-corrected chi connectivity index (χ4v) is 1.82. The Morgan fingerprint density at radius 1 is 1.30 bits per heavy atom. The van der Waals surface area contributed by atoms with E-state index in [4.69, 9.17) is 16.1 Å². The van der Waals surface area contributed by atoms with E-state index >= 15 is 0 Å². The molecule has 0 aliphatic carbocycles. The lowest BCUT2D eigenvalue weighted by Gasteiger charge is -2.11. The molecule has 0 fully saturated rings. The van der Waals surface area contributed by atoms with Crippen molar-refractivity contribution >= 4 is 23.0 Å². The standard InChI is InChI=1S/C15H13N3O2/c1-9-2-3-10(8-16)6-14(9)18-11-4-5-12(15(19)20)13(17)7-11/h2-7,18H,17H2,1H3,(H,19,20). The fraction of sp³-hybridized carbons (Fsp3) is 0.0667. The monoisotopic (exact) mass is 267 g/mol. The van der Waals surface area contributed by atoms with E-state index in [2.05, 4.69) is 11.4 Å². The molecule has 20 heavy (non-hydrogen) atoms. The summed E-state index contributed by atoms with van der Waals surface area (Å²) in [6, 6.07) is 12.0. The highest BCUT2D eigenvalue weighted by Crippen LogP contribution is 2.24. The van der Waals surface area contributed by atoms with E-state index in [-0.39, 0.29) is 11.3 Å². The number of aryl methyl sites for hydroxylation is 1. The molecular weight excluding hydrogens is 254 g/mol. The zero-order valence-electron chi connectivity index (χ0n) is 10.8. The van der Waals surface area contributed by atoms with Crippen LogP contribution in [0.1, 0.15) is 21.5 Å². The third-order valence-corrected chi connectivity index (χ3v) is 2.93. The van der Waals surface area contributed by atoms with Gasteiger partial charge in [0.1, 0.15) is 0 Å². The number of carbonyl (C=O) groups is 1. The van der Waals surface area contributed by atoms with Gasteiger partial charge in [-0.1, -0.05) is 6.07 Å². The molecule has 0 unspecified atom stereocenters. The van der Waals surface area contributed by atoms with Gasteiger partial charge in [-0.15, -0.1) is 0 Å². The lowest BCUT2D eigenvalue weighted by Crippen LogP contribution is -2.03. The van der Waals surface area contributed by atoms with Crippen LogP contribution >= 0.6 is 0 Å². The van der Waals surface area contributed by atoms with Crippen LogP contribution in [0.3, 0.4) is 0 Å². The molecule has 2 aromatic rings. The second-order valence-corrected chi connectivity index (χ2v) is 4.37. The highest BCUT2D eigenvalue weighted by atomic mass is 16.4. The van der Waals surface area contributed by atoms with Gasteiger partial charge in [0.2, 0.25) is 0 Å². The number of hydrogen-bond acceptors (Lipinski definition) is 4. The van der Waals surface area contributed by atoms with Gasteiger partial charge in [-0.3, -0.25) is 0 Å². The van der Waals surface area contributed by atoms with Gasteiger partial charge in [0.25, 0.3) is 0 Å². The van der Waals surface area contributed by atoms with Gasteiger partial charge in [0.05, 0.1) is 17.2 Å². The first kappa shape index (κ1) is 13.4. The van der Waals surface area contributed by atoms with Crippen molar-refractivity contribution in [3.63, 3.8) is 0 Å². The number of nitrogens with one attached hydrogen (secondary N) is 1. The molecule has 2 aromatic carbocycles. The Hall–Kier alpha value is -3.00. The van der Waals surface area contributed by atoms with Crippen LogP contribution in [0.25, 0.3) is 0 Å². The molecule has 0 saturated carbocycles. The number of aromatic carboxylic acids is 1. The summed E-state index contributed by atoms with van der Waals surface area (Å²) in [6.45, 7) is 1.92. The van der Waals surface area contributed by atoms with E-state index in [9.17, 15) is 4.79 Å². The number of anilines is 3. The number of carboxylic acid groups (broad SMARTS) is 1. The maximum Gasteiger partial charge on any atom is 0.337 e. The molecule has 0 atom stereocenters. The highest BCUT2D eigenvalue weighted by Gasteiger charge is 2.08. The third-order valence-electron chi connectivity index (χ3n) is 2.93. The van der Waals surface area contributed by atoms with Gasteiger partial charge in [0.15, 0.2) is 0 Å². The molecule has 100 valence electrons. The van der Waals surface area contributed by atoms with Gasteiger partial charge in [-0.2, -0.15) is 5.26 Å². The van der Waals surface area contributed by atoms with Crippen LogP contribution in [0.5, 0.6) is 0 Å². The van der Waals surface area contributed by atoms with Crippen molar-refractivity contribution in [3.05, 3.63) is 53.1 Å². The molecule has 2 rings (SSSR count). The van der Waals surface area contributed by atoms with Crippen molar-refractivity contribution in [2.24, 2.45) is 0 Å². The van der Waals surface area contributed by atoms with Gasteiger partial charge in [-0.25, -0.2) is 4.79 Å². The fourth-order valence-electron chi connectivity index (χ4n) is 1.82. The Bertz CT molecular complexity index is 718. The van der Waals surface area contributed by atoms with Crippen LogP contribution in [0, 0.1) is 18.3 Å². The van der Waals surface area contributed by atoms with Crippen molar-refractivity contribution in [3.8, 4) is 6.07 Å². The summed E-state index contributed by atoms with van der Waals surface area (Å²) in [5.74, 6) is -1.06. The Morgan fingerprint density at radius 3 is 2.65 bits per heavy atom. The minimum Gasteiger partial charge on any atom is -0.478 e. The summed E-state index contributed by atoms with van der Waals surface area (Å²) in [6.07, 6.45) is 0. The van der Waals surface area contributed by atoms with Crippen LogP contribution in [0.4, 0.5) is 17.1 Å².